The maximum atomic E-state index is 12.2. The fraction of sp³-hybridized carbons (Fsp3) is 0.857. The molecule has 0 aromatic rings. The Morgan fingerprint density at radius 1 is 1.21 bits per heavy atom. The van der Waals surface area contributed by atoms with E-state index in [9.17, 15) is 9.59 Å². The highest BCUT2D eigenvalue weighted by Gasteiger charge is 2.43. The highest BCUT2D eigenvalue weighted by Crippen LogP contribution is 2.41. The van der Waals surface area contributed by atoms with Gasteiger partial charge in [0.05, 0.1) is 12.5 Å². The van der Waals surface area contributed by atoms with E-state index in [0.29, 0.717) is 6.61 Å². The van der Waals surface area contributed by atoms with E-state index in [1.165, 1.54) is 0 Å². The second-order valence-corrected chi connectivity index (χ2v) is 11.9. The van der Waals surface area contributed by atoms with Crippen LogP contribution < -0.4 is 0 Å². The van der Waals surface area contributed by atoms with Crippen molar-refractivity contribution in [1.82, 2.24) is 0 Å². The summed E-state index contributed by atoms with van der Waals surface area (Å²) in [5.74, 6) is -0.690. The van der Waals surface area contributed by atoms with Crippen molar-refractivity contribution in [2.75, 3.05) is 6.61 Å². The standard InChI is InChI=1S/C14H27ClO3Si/c1-7-9-11(14(17)18-8-2)12(19(4,5)6)10(3)13(15)16/h10-12H,7-9H2,1-6H3. The van der Waals surface area contributed by atoms with Crippen molar-refractivity contribution in [2.45, 2.75) is 58.8 Å². The molecule has 0 bridgehead atoms. The summed E-state index contributed by atoms with van der Waals surface area (Å²) >= 11 is 5.69. The Labute approximate surface area is 123 Å². The van der Waals surface area contributed by atoms with Crippen LogP contribution in [0.2, 0.25) is 25.2 Å². The van der Waals surface area contributed by atoms with Crippen molar-refractivity contribution in [3.63, 3.8) is 0 Å². The molecule has 0 aromatic heterocycles. The van der Waals surface area contributed by atoms with Gasteiger partial charge in [0.2, 0.25) is 5.24 Å². The Bertz CT molecular complexity index is 312. The molecule has 0 aliphatic rings. The van der Waals surface area contributed by atoms with Gasteiger partial charge in [0.1, 0.15) is 0 Å². The molecular weight excluding hydrogens is 280 g/mol. The monoisotopic (exact) mass is 306 g/mol. The summed E-state index contributed by atoms with van der Waals surface area (Å²) in [5.41, 5.74) is 0.0245. The molecule has 0 spiro atoms. The molecule has 0 radical (unpaired) electrons. The van der Waals surface area contributed by atoms with Gasteiger partial charge in [-0.25, -0.2) is 0 Å². The van der Waals surface area contributed by atoms with Gasteiger partial charge in [0, 0.05) is 14.0 Å². The molecule has 3 nitrogen and oxygen atoms in total. The summed E-state index contributed by atoms with van der Waals surface area (Å²) in [7, 11) is -1.71. The van der Waals surface area contributed by atoms with Gasteiger partial charge in [0.15, 0.2) is 0 Å². The SMILES string of the molecule is CCCC(C(=O)OCC)C(C(C)C(=O)Cl)[Si](C)(C)C. The topological polar surface area (TPSA) is 43.4 Å². The lowest BCUT2D eigenvalue weighted by Crippen LogP contribution is -2.42. The second kappa shape index (κ2) is 8.05. The van der Waals surface area contributed by atoms with Crippen LogP contribution in [-0.2, 0) is 14.3 Å². The number of hydrogen-bond acceptors (Lipinski definition) is 3. The van der Waals surface area contributed by atoms with Crippen molar-refractivity contribution in [3.05, 3.63) is 0 Å². The van der Waals surface area contributed by atoms with Gasteiger partial charge in [-0.15, -0.1) is 0 Å². The van der Waals surface area contributed by atoms with Crippen molar-refractivity contribution < 1.29 is 14.3 Å². The fourth-order valence-electron chi connectivity index (χ4n) is 2.85. The molecule has 0 amide bonds. The van der Waals surface area contributed by atoms with Gasteiger partial charge in [-0.3, -0.25) is 9.59 Å². The van der Waals surface area contributed by atoms with Crippen LogP contribution in [0.4, 0.5) is 0 Å². The maximum absolute atomic E-state index is 12.2. The third kappa shape index (κ3) is 5.65. The first kappa shape index (κ1) is 18.6. The predicted octanol–water partition coefficient (Wildman–Crippen LogP) is 4.08. The van der Waals surface area contributed by atoms with Gasteiger partial charge in [-0.1, -0.05) is 39.9 Å². The average molecular weight is 307 g/mol. The minimum Gasteiger partial charge on any atom is -0.466 e. The van der Waals surface area contributed by atoms with Crippen LogP contribution in [0.25, 0.3) is 0 Å². The molecule has 0 heterocycles. The molecule has 0 aromatic carbocycles. The van der Waals surface area contributed by atoms with Crippen molar-refractivity contribution >= 4 is 30.9 Å². The van der Waals surface area contributed by atoms with Gasteiger partial charge in [0.25, 0.3) is 0 Å². The number of carbonyl (C=O) groups is 2. The van der Waals surface area contributed by atoms with Crippen LogP contribution in [0.1, 0.15) is 33.6 Å². The molecule has 0 fully saturated rings. The van der Waals surface area contributed by atoms with Crippen molar-refractivity contribution in [3.8, 4) is 0 Å². The quantitative estimate of drug-likeness (QED) is 0.385. The van der Waals surface area contributed by atoms with Gasteiger partial charge >= 0.3 is 5.97 Å². The zero-order valence-corrected chi connectivity index (χ0v) is 14.7. The number of ether oxygens (including phenoxy) is 1. The van der Waals surface area contributed by atoms with Crippen LogP contribution in [0, 0.1) is 11.8 Å². The van der Waals surface area contributed by atoms with E-state index in [-0.39, 0.29) is 28.6 Å². The molecule has 0 aliphatic carbocycles. The van der Waals surface area contributed by atoms with E-state index >= 15 is 0 Å². The van der Waals surface area contributed by atoms with Crippen LogP contribution >= 0.6 is 11.6 Å². The van der Waals surface area contributed by atoms with E-state index in [4.69, 9.17) is 16.3 Å². The lowest BCUT2D eigenvalue weighted by atomic mass is 9.91. The first-order valence-corrected chi connectivity index (χ1v) is 11.0. The average Bonchev–Trinajstić information content (AvgIpc) is 2.26. The fourth-order valence-corrected chi connectivity index (χ4v) is 6.25. The van der Waals surface area contributed by atoms with Gasteiger partial charge in [-0.05, 0) is 30.5 Å². The molecule has 19 heavy (non-hydrogen) atoms. The van der Waals surface area contributed by atoms with Crippen molar-refractivity contribution in [1.29, 1.82) is 0 Å². The van der Waals surface area contributed by atoms with Crippen LogP contribution in [0.15, 0.2) is 0 Å². The van der Waals surface area contributed by atoms with Gasteiger partial charge in [-0.2, -0.15) is 0 Å². The van der Waals surface area contributed by atoms with Crippen molar-refractivity contribution in [2.24, 2.45) is 11.8 Å². The number of rotatable bonds is 8. The van der Waals surface area contributed by atoms with E-state index in [2.05, 4.69) is 19.6 Å². The smallest absolute Gasteiger partial charge is 0.308 e. The minimum absolute atomic E-state index is 0.0245. The molecule has 0 aliphatic heterocycles. The number of halogens is 1. The zero-order chi connectivity index (χ0) is 15.2. The van der Waals surface area contributed by atoms with Crippen LogP contribution in [0.5, 0.6) is 0 Å². The summed E-state index contributed by atoms with van der Waals surface area (Å²) in [6.07, 6.45) is 1.65. The molecule has 0 saturated carbocycles. The first-order valence-electron chi connectivity index (χ1n) is 7.02. The zero-order valence-electron chi connectivity index (χ0n) is 13.0. The summed E-state index contributed by atoms with van der Waals surface area (Å²) in [6, 6.07) is 0. The Morgan fingerprint density at radius 2 is 1.74 bits per heavy atom. The highest BCUT2D eigenvalue weighted by molar-refractivity contribution is 6.78. The highest BCUT2D eigenvalue weighted by atomic mass is 35.5. The van der Waals surface area contributed by atoms with E-state index < -0.39 is 8.07 Å². The Kier molecular flexibility index (Phi) is 7.90. The third-order valence-corrected chi connectivity index (χ3v) is 6.77. The van der Waals surface area contributed by atoms with Crippen LogP contribution in [0.3, 0.4) is 0 Å². The molecule has 5 heteroatoms. The largest absolute Gasteiger partial charge is 0.466 e. The molecular formula is C14H27ClO3Si. The normalized spacial score (nSPS) is 16.6. The number of carbonyl (C=O) groups excluding carboxylic acids is 2. The molecule has 112 valence electrons. The lowest BCUT2D eigenvalue weighted by molar-refractivity contribution is -0.149. The van der Waals surface area contributed by atoms with Crippen LogP contribution in [-0.4, -0.2) is 25.9 Å². The Balaban J connectivity index is 5.37. The molecule has 3 atom stereocenters. The lowest BCUT2D eigenvalue weighted by Gasteiger charge is -2.37. The molecule has 3 unspecified atom stereocenters. The summed E-state index contributed by atoms with van der Waals surface area (Å²) in [4.78, 5) is 23.8. The first-order chi connectivity index (χ1) is 8.66. The summed E-state index contributed by atoms with van der Waals surface area (Å²) in [6.45, 7) is 12.6. The number of esters is 1. The molecule has 0 saturated heterocycles. The van der Waals surface area contributed by atoms with Gasteiger partial charge < -0.3 is 4.74 Å². The van der Waals surface area contributed by atoms with E-state index in [0.717, 1.165) is 12.8 Å². The Morgan fingerprint density at radius 3 is 2.05 bits per heavy atom. The predicted molar refractivity (Wildman–Crippen MR) is 82.2 cm³/mol. The minimum atomic E-state index is -1.71. The second-order valence-electron chi connectivity index (χ2n) is 6.13. The summed E-state index contributed by atoms with van der Waals surface area (Å²) in [5, 5.41) is -0.349. The third-order valence-electron chi connectivity index (χ3n) is 3.52. The summed E-state index contributed by atoms with van der Waals surface area (Å²) < 4.78 is 5.19. The van der Waals surface area contributed by atoms with E-state index in [1.54, 1.807) is 6.92 Å². The van der Waals surface area contributed by atoms with E-state index in [1.807, 2.05) is 13.8 Å². The Hall–Kier alpha value is -0.353. The molecule has 0 N–H and O–H groups in total. The maximum Gasteiger partial charge on any atom is 0.308 e. The number of hydrogen-bond donors (Lipinski definition) is 0. The molecule has 0 rings (SSSR count).